The molecule has 3 nitrogen and oxygen atoms in total. The highest BCUT2D eigenvalue weighted by atomic mass is 32.2. The summed E-state index contributed by atoms with van der Waals surface area (Å²) in [6.45, 7) is 1.65. The van der Waals surface area contributed by atoms with Crippen LogP contribution in [0.15, 0.2) is 0 Å². The van der Waals surface area contributed by atoms with Gasteiger partial charge in [-0.25, -0.2) is 8.42 Å². The fourth-order valence-electron chi connectivity index (χ4n) is 2.14. The second-order valence-electron chi connectivity index (χ2n) is 3.82. The number of nitrogens with two attached hydrogens (primary N) is 1. The van der Waals surface area contributed by atoms with Gasteiger partial charge in [0.25, 0.3) is 0 Å². The third-order valence-electron chi connectivity index (χ3n) is 2.90. The van der Waals surface area contributed by atoms with E-state index in [2.05, 4.69) is 0 Å². The van der Waals surface area contributed by atoms with Gasteiger partial charge in [0, 0.05) is 5.75 Å². The van der Waals surface area contributed by atoms with Crippen LogP contribution in [-0.4, -0.2) is 24.4 Å². The lowest BCUT2D eigenvalue weighted by atomic mass is 10.0. The first-order valence-corrected chi connectivity index (χ1v) is 7.12. The topological polar surface area (TPSA) is 60.2 Å². The van der Waals surface area contributed by atoms with E-state index in [0.717, 1.165) is 25.7 Å². The molecule has 0 aliphatic heterocycles. The van der Waals surface area contributed by atoms with E-state index in [-0.39, 0.29) is 16.7 Å². The van der Waals surface area contributed by atoms with Crippen molar-refractivity contribution in [3.8, 4) is 0 Å². The molecular formula is C9H17NO2S2. The van der Waals surface area contributed by atoms with E-state index >= 15 is 0 Å². The van der Waals surface area contributed by atoms with Gasteiger partial charge in [-0.3, -0.25) is 0 Å². The number of thiocarbonyl (C=S) groups is 1. The molecule has 0 radical (unpaired) electrons. The van der Waals surface area contributed by atoms with E-state index in [0.29, 0.717) is 0 Å². The Bertz CT molecular complexity index is 305. The van der Waals surface area contributed by atoms with Crippen LogP contribution >= 0.6 is 12.2 Å². The van der Waals surface area contributed by atoms with Gasteiger partial charge in [0.2, 0.25) is 0 Å². The average Bonchev–Trinajstić information content (AvgIpc) is 2.56. The second-order valence-corrected chi connectivity index (χ2v) is 6.70. The van der Waals surface area contributed by atoms with Gasteiger partial charge in [-0.05, 0) is 18.8 Å². The summed E-state index contributed by atoms with van der Waals surface area (Å²) in [4.78, 5) is 0.152. The van der Waals surface area contributed by atoms with Crippen LogP contribution in [0.2, 0.25) is 0 Å². The van der Waals surface area contributed by atoms with Gasteiger partial charge in [-0.2, -0.15) is 0 Å². The van der Waals surface area contributed by atoms with Crippen molar-refractivity contribution < 1.29 is 8.42 Å². The van der Waals surface area contributed by atoms with E-state index < -0.39 is 15.1 Å². The third-order valence-corrected chi connectivity index (χ3v) is 5.52. The molecule has 1 saturated carbocycles. The molecule has 0 bridgehead atoms. The molecule has 0 heterocycles. The number of hydrogen-bond acceptors (Lipinski definition) is 3. The predicted molar refractivity (Wildman–Crippen MR) is 62.0 cm³/mol. The normalized spacial score (nSPS) is 20.9. The third kappa shape index (κ3) is 2.45. The summed E-state index contributed by atoms with van der Waals surface area (Å²) in [5.74, 6) is 0.295. The lowest BCUT2D eigenvalue weighted by molar-refractivity contribution is 0.534. The summed E-state index contributed by atoms with van der Waals surface area (Å²) >= 11 is 4.87. The maximum absolute atomic E-state index is 11.8. The van der Waals surface area contributed by atoms with Crippen LogP contribution < -0.4 is 5.73 Å². The highest BCUT2D eigenvalue weighted by Crippen LogP contribution is 2.31. The molecule has 0 spiro atoms. The Hall–Kier alpha value is -0.160. The number of hydrogen-bond donors (Lipinski definition) is 1. The predicted octanol–water partition coefficient (Wildman–Crippen LogP) is 1.27. The molecule has 0 amide bonds. The summed E-state index contributed by atoms with van der Waals surface area (Å²) in [5, 5.41) is -0.579. The van der Waals surface area contributed by atoms with Crippen LogP contribution in [0.3, 0.4) is 0 Å². The van der Waals surface area contributed by atoms with Crippen molar-refractivity contribution in [1.82, 2.24) is 0 Å². The maximum Gasteiger partial charge on any atom is 0.159 e. The molecule has 14 heavy (non-hydrogen) atoms. The molecule has 1 unspecified atom stereocenters. The largest absolute Gasteiger partial charge is 0.392 e. The SMILES string of the molecule is CCS(=O)(=O)C(C(N)=S)C1CCCC1. The Morgan fingerprint density at radius 2 is 2.00 bits per heavy atom. The van der Waals surface area contributed by atoms with Crippen LogP contribution in [0.4, 0.5) is 0 Å². The molecule has 0 aromatic heterocycles. The summed E-state index contributed by atoms with van der Waals surface area (Å²) in [5.41, 5.74) is 5.53. The molecule has 5 heteroatoms. The van der Waals surface area contributed by atoms with Gasteiger partial charge in [-0.15, -0.1) is 0 Å². The minimum absolute atomic E-state index is 0.130. The second kappa shape index (κ2) is 4.57. The van der Waals surface area contributed by atoms with Crippen LogP contribution in [0.25, 0.3) is 0 Å². The lowest BCUT2D eigenvalue weighted by Crippen LogP contribution is -2.40. The van der Waals surface area contributed by atoms with E-state index in [1.165, 1.54) is 0 Å². The molecule has 1 aliphatic carbocycles. The van der Waals surface area contributed by atoms with E-state index in [1.54, 1.807) is 6.92 Å². The summed E-state index contributed by atoms with van der Waals surface area (Å²) in [7, 11) is -3.11. The quantitative estimate of drug-likeness (QED) is 0.745. The fraction of sp³-hybridized carbons (Fsp3) is 0.889. The van der Waals surface area contributed by atoms with Gasteiger partial charge in [0.1, 0.15) is 5.25 Å². The molecule has 1 atom stereocenters. The van der Waals surface area contributed by atoms with E-state index in [1.807, 2.05) is 0 Å². The summed E-state index contributed by atoms with van der Waals surface area (Å²) in [6, 6.07) is 0. The van der Waals surface area contributed by atoms with E-state index in [9.17, 15) is 8.42 Å². The van der Waals surface area contributed by atoms with Crippen molar-refractivity contribution >= 4 is 27.0 Å². The molecule has 0 aromatic rings. The Kier molecular flexibility index (Phi) is 3.89. The maximum atomic E-state index is 11.8. The molecule has 82 valence electrons. The molecule has 1 rings (SSSR count). The van der Waals surface area contributed by atoms with Crippen molar-refractivity contribution in [2.24, 2.45) is 11.7 Å². The van der Waals surface area contributed by atoms with Crippen LogP contribution in [0.1, 0.15) is 32.6 Å². The van der Waals surface area contributed by atoms with Crippen molar-refractivity contribution in [2.45, 2.75) is 37.9 Å². The Labute approximate surface area is 91.0 Å². The van der Waals surface area contributed by atoms with Crippen molar-refractivity contribution in [2.75, 3.05) is 5.75 Å². The van der Waals surface area contributed by atoms with Crippen molar-refractivity contribution in [1.29, 1.82) is 0 Å². The summed E-state index contributed by atoms with van der Waals surface area (Å²) < 4.78 is 23.5. The molecule has 1 fully saturated rings. The zero-order valence-corrected chi connectivity index (χ0v) is 10.0. The van der Waals surface area contributed by atoms with Crippen molar-refractivity contribution in [3.05, 3.63) is 0 Å². The fourth-order valence-corrected chi connectivity index (χ4v) is 4.35. The first-order valence-electron chi connectivity index (χ1n) is 5.00. The molecule has 1 aliphatic rings. The van der Waals surface area contributed by atoms with Crippen LogP contribution in [0, 0.1) is 5.92 Å². The van der Waals surface area contributed by atoms with Gasteiger partial charge < -0.3 is 5.73 Å². The average molecular weight is 235 g/mol. The van der Waals surface area contributed by atoms with E-state index in [4.69, 9.17) is 18.0 Å². The number of sulfone groups is 1. The first kappa shape index (κ1) is 11.9. The lowest BCUT2D eigenvalue weighted by Gasteiger charge is -2.21. The number of rotatable bonds is 4. The highest BCUT2D eigenvalue weighted by molar-refractivity contribution is 7.94. The zero-order valence-electron chi connectivity index (χ0n) is 8.40. The van der Waals surface area contributed by atoms with Crippen molar-refractivity contribution in [3.63, 3.8) is 0 Å². The van der Waals surface area contributed by atoms with Crippen LogP contribution in [-0.2, 0) is 9.84 Å². The zero-order chi connectivity index (χ0) is 10.8. The smallest absolute Gasteiger partial charge is 0.159 e. The minimum Gasteiger partial charge on any atom is -0.392 e. The Morgan fingerprint density at radius 1 is 1.50 bits per heavy atom. The first-order chi connectivity index (χ1) is 6.49. The monoisotopic (exact) mass is 235 g/mol. The molecule has 2 N–H and O–H groups in total. The molecule has 0 aromatic carbocycles. The van der Waals surface area contributed by atoms with Gasteiger partial charge >= 0.3 is 0 Å². The molecule has 0 saturated heterocycles. The van der Waals surface area contributed by atoms with Gasteiger partial charge in [0.05, 0.1) is 4.99 Å². The van der Waals surface area contributed by atoms with Crippen LogP contribution in [0.5, 0.6) is 0 Å². The van der Waals surface area contributed by atoms with Gasteiger partial charge in [0.15, 0.2) is 9.84 Å². The van der Waals surface area contributed by atoms with Gasteiger partial charge in [-0.1, -0.05) is 32.0 Å². The summed E-state index contributed by atoms with van der Waals surface area (Å²) in [6.07, 6.45) is 4.09. The Balaban J connectivity index is 2.89. The Morgan fingerprint density at radius 3 is 2.36 bits per heavy atom. The minimum atomic E-state index is -3.11. The highest BCUT2D eigenvalue weighted by Gasteiger charge is 2.35. The standard InChI is InChI=1S/C9H17NO2S2/c1-2-14(11,12)8(9(10)13)7-5-3-4-6-7/h7-8H,2-6H2,1H3,(H2,10,13). The molecular weight excluding hydrogens is 218 g/mol.